The van der Waals surface area contributed by atoms with Crippen LogP contribution in [-0.4, -0.2) is 17.3 Å². The maximum atomic E-state index is 9.34. The zero-order valence-electron chi connectivity index (χ0n) is 28.0. The van der Waals surface area contributed by atoms with Gasteiger partial charge in [0.25, 0.3) is 0 Å². The number of aliphatic imine (C=N–C) groups is 1. The molecular weight excluding hydrogens is 641 g/mol. The Kier molecular flexibility index (Phi) is 5.91. The lowest BCUT2D eigenvalue weighted by Crippen LogP contribution is -2.33. The van der Waals surface area contributed by atoms with Crippen LogP contribution < -0.4 is 4.90 Å². The molecular formula is C46H28N4O2. The third kappa shape index (κ3) is 4.08. The van der Waals surface area contributed by atoms with E-state index in [2.05, 4.69) is 120 Å². The van der Waals surface area contributed by atoms with E-state index in [1.165, 1.54) is 21.5 Å². The van der Waals surface area contributed by atoms with E-state index in [9.17, 15) is 5.26 Å². The molecule has 1 aliphatic heterocycles. The van der Waals surface area contributed by atoms with Gasteiger partial charge in [-0.1, -0.05) is 78.9 Å². The summed E-state index contributed by atoms with van der Waals surface area (Å²) in [6.07, 6.45) is -0.415. The minimum Gasteiger partial charge on any atom is -0.456 e. The number of furan rings is 2. The first-order valence-corrected chi connectivity index (χ1v) is 17.3. The minimum atomic E-state index is -0.415. The number of benzene rings is 7. The van der Waals surface area contributed by atoms with Gasteiger partial charge < -0.3 is 18.3 Å². The standard InChI is InChI=1S/C46H28N4O2/c1-49-44-35-20-18-31(28-16-14-27(26-47)15-17-28)25-42(35)52-45(44)43(32-19-21-41-37(23-32)34-11-5-7-13-40(34)51-41)48-46(49)50-38-12-6-4-10-33(38)36-22-29-8-2-3-9-30(29)24-39(36)50/h2-25,46H,1H3. The van der Waals surface area contributed by atoms with E-state index < -0.39 is 6.29 Å². The molecule has 0 aliphatic carbocycles. The van der Waals surface area contributed by atoms with E-state index >= 15 is 0 Å². The van der Waals surface area contributed by atoms with Crippen LogP contribution in [0.3, 0.4) is 0 Å². The largest absolute Gasteiger partial charge is 0.456 e. The smallest absolute Gasteiger partial charge is 0.204 e. The molecule has 4 heterocycles. The second-order valence-electron chi connectivity index (χ2n) is 13.5. The zero-order valence-corrected chi connectivity index (χ0v) is 28.0. The van der Waals surface area contributed by atoms with Crippen molar-refractivity contribution in [3.8, 4) is 17.2 Å². The molecule has 3 aromatic heterocycles. The molecule has 7 aromatic carbocycles. The van der Waals surface area contributed by atoms with Gasteiger partial charge in [-0.15, -0.1) is 0 Å². The van der Waals surface area contributed by atoms with Crippen molar-refractivity contribution >= 4 is 76.9 Å². The quantitative estimate of drug-likeness (QED) is 0.188. The molecule has 0 spiro atoms. The fourth-order valence-electron chi connectivity index (χ4n) is 8.13. The van der Waals surface area contributed by atoms with Gasteiger partial charge in [-0.05, 0) is 88.6 Å². The fourth-order valence-corrected chi connectivity index (χ4v) is 8.13. The highest BCUT2D eigenvalue weighted by Gasteiger charge is 2.34. The molecule has 52 heavy (non-hydrogen) atoms. The van der Waals surface area contributed by atoms with Crippen LogP contribution in [0.25, 0.3) is 76.6 Å². The van der Waals surface area contributed by atoms with Crippen LogP contribution in [0.2, 0.25) is 0 Å². The van der Waals surface area contributed by atoms with Gasteiger partial charge >= 0.3 is 0 Å². The van der Waals surface area contributed by atoms with Crippen molar-refractivity contribution in [2.45, 2.75) is 6.29 Å². The summed E-state index contributed by atoms with van der Waals surface area (Å²) in [6.45, 7) is 0. The lowest BCUT2D eigenvalue weighted by Gasteiger charge is -2.33. The number of hydrogen-bond donors (Lipinski definition) is 0. The van der Waals surface area contributed by atoms with Crippen molar-refractivity contribution in [3.05, 3.63) is 162 Å². The molecule has 6 heteroatoms. The Morgan fingerprint density at radius 1 is 0.558 bits per heavy atom. The summed E-state index contributed by atoms with van der Waals surface area (Å²) >= 11 is 0. The van der Waals surface area contributed by atoms with Crippen molar-refractivity contribution < 1.29 is 8.83 Å². The maximum absolute atomic E-state index is 9.34. The molecule has 1 aliphatic rings. The number of anilines is 1. The van der Waals surface area contributed by atoms with Gasteiger partial charge in [0, 0.05) is 39.5 Å². The number of aromatic nitrogens is 1. The molecule has 0 radical (unpaired) electrons. The Labute approximate surface area is 297 Å². The Morgan fingerprint density at radius 2 is 1.27 bits per heavy atom. The van der Waals surface area contributed by atoms with E-state index in [-0.39, 0.29) is 0 Å². The summed E-state index contributed by atoms with van der Waals surface area (Å²) < 4.78 is 15.4. The number of nitriles is 1. The summed E-state index contributed by atoms with van der Waals surface area (Å²) in [5.74, 6) is 0.726. The zero-order chi connectivity index (χ0) is 34.5. The monoisotopic (exact) mass is 668 g/mol. The summed E-state index contributed by atoms with van der Waals surface area (Å²) in [4.78, 5) is 7.86. The third-order valence-electron chi connectivity index (χ3n) is 10.6. The minimum absolute atomic E-state index is 0.415. The normalized spacial score (nSPS) is 14.5. The number of hydrogen-bond acceptors (Lipinski definition) is 5. The maximum Gasteiger partial charge on any atom is 0.204 e. The van der Waals surface area contributed by atoms with Crippen LogP contribution in [0.1, 0.15) is 23.2 Å². The highest BCUT2D eigenvalue weighted by molar-refractivity contribution is 6.21. The molecule has 0 saturated heterocycles. The van der Waals surface area contributed by atoms with Crippen LogP contribution in [0.15, 0.2) is 159 Å². The first-order chi connectivity index (χ1) is 25.6. The van der Waals surface area contributed by atoms with Gasteiger partial charge in [-0.3, -0.25) is 0 Å². The second kappa shape index (κ2) is 10.7. The third-order valence-corrected chi connectivity index (χ3v) is 10.6. The van der Waals surface area contributed by atoms with Gasteiger partial charge in [0.15, 0.2) is 5.76 Å². The molecule has 0 bridgehead atoms. The highest BCUT2D eigenvalue weighted by Crippen LogP contribution is 2.45. The molecule has 0 N–H and O–H groups in total. The summed E-state index contributed by atoms with van der Waals surface area (Å²) in [5.41, 5.74) is 10.1. The van der Waals surface area contributed by atoms with Gasteiger partial charge in [0.1, 0.15) is 22.5 Å². The molecule has 0 fully saturated rings. The molecule has 0 amide bonds. The molecule has 1 atom stereocenters. The van der Waals surface area contributed by atoms with Gasteiger partial charge in [-0.2, -0.15) is 5.26 Å². The van der Waals surface area contributed by atoms with Crippen molar-refractivity contribution in [1.82, 2.24) is 4.57 Å². The predicted molar refractivity (Wildman–Crippen MR) is 210 cm³/mol. The van der Waals surface area contributed by atoms with Crippen LogP contribution in [0.4, 0.5) is 5.69 Å². The molecule has 0 saturated carbocycles. The SMILES string of the molecule is CN1c2c(oc3cc(-c4ccc(C#N)cc4)ccc23)C(c2ccc3oc4ccccc4c3c2)=NC1n1c2ccccc2c2cc3ccccc3cc21. The number of para-hydroxylation sites is 2. The topological polar surface area (TPSA) is 70.6 Å². The number of nitrogens with zero attached hydrogens (tertiary/aromatic N) is 4. The van der Waals surface area contributed by atoms with E-state index in [0.717, 1.165) is 77.8 Å². The average molecular weight is 669 g/mol. The van der Waals surface area contributed by atoms with Crippen LogP contribution >= 0.6 is 0 Å². The van der Waals surface area contributed by atoms with Gasteiger partial charge in [0.2, 0.25) is 6.29 Å². The van der Waals surface area contributed by atoms with Crippen molar-refractivity contribution in [1.29, 1.82) is 5.26 Å². The molecule has 6 nitrogen and oxygen atoms in total. The molecule has 11 rings (SSSR count). The molecule has 1 unspecified atom stereocenters. The fraction of sp³-hybridized carbons (Fsp3) is 0.0435. The first kappa shape index (κ1) is 28.7. The summed E-state index contributed by atoms with van der Waals surface area (Å²) in [7, 11) is 2.11. The van der Waals surface area contributed by atoms with Crippen molar-refractivity contribution in [3.63, 3.8) is 0 Å². The van der Waals surface area contributed by atoms with E-state index in [1.807, 2.05) is 48.5 Å². The first-order valence-electron chi connectivity index (χ1n) is 17.3. The predicted octanol–water partition coefficient (Wildman–Crippen LogP) is 11.6. The van der Waals surface area contributed by atoms with E-state index in [1.54, 1.807) is 0 Å². The van der Waals surface area contributed by atoms with Gasteiger partial charge in [-0.25, -0.2) is 4.99 Å². The Hall–Kier alpha value is -7.10. The molecule has 244 valence electrons. The van der Waals surface area contributed by atoms with Crippen LogP contribution in [0, 0.1) is 11.3 Å². The summed E-state index contributed by atoms with van der Waals surface area (Å²) in [6, 6.07) is 52.4. The Morgan fingerprint density at radius 3 is 2.12 bits per heavy atom. The average Bonchev–Trinajstić information content (AvgIpc) is 3.86. The Bertz CT molecular complexity index is 3170. The lowest BCUT2D eigenvalue weighted by atomic mass is 10.00. The number of rotatable bonds is 3. The Balaban J connectivity index is 1.18. The highest BCUT2D eigenvalue weighted by atomic mass is 16.3. The van der Waals surface area contributed by atoms with Gasteiger partial charge in [0.05, 0.1) is 28.4 Å². The van der Waals surface area contributed by atoms with Crippen molar-refractivity contribution in [2.75, 3.05) is 11.9 Å². The van der Waals surface area contributed by atoms with E-state index in [4.69, 9.17) is 13.8 Å². The lowest BCUT2D eigenvalue weighted by molar-refractivity contribution is 0.523. The summed E-state index contributed by atoms with van der Waals surface area (Å²) in [5, 5.41) is 17.2. The van der Waals surface area contributed by atoms with Crippen LogP contribution in [0.5, 0.6) is 0 Å². The van der Waals surface area contributed by atoms with Crippen LogP contribution in [-0.2, 0) is 0 Å². The second-order valence-corrected chi connectivity index (χ2v) is 13.5. The van der Waals surface area contributed by atoms with E-state index in [0.29, 0.717) is 5.56 Å². The number of fused-ring (bicyclic) bond motifs is 10. The van der Waals surface area contributed by atoms with Crippen molar-refractivity contribution in [2.24, 2.45) is 4.99 Å². The molecule has 10 aromatic rings.